The quantitative estimate of drug-likeness (QED) is 0.401. The summed E-state index contributed by atoms with van der Waals surface area (Å²) in [7, 11) is 0. The maximum Gasteiger partial charge on any atom is 0.227 e. The predicted octanol–water partition coefficient (Wildman–Crippen LogP) is 5.11. The van der Waals surface area contributed by atoms with Gasteiger partial charge in [-0.3, -0.25) is 4.79 Å². The third-order valence-electron chi connectivity index (χ3n) is 4.69. The van der Waals surface area contributed by atoms with Crippen molar-refractivity contribution in [2.75, 3.05) is 6.54 Å². The van der Waals surface area contributed by atoms with Crippen LogP contribution < -0.4 is 5.32 Å². The first-order valence-electron chi connectivity index (χ1n) is 9.93. The number of aryl methyl sites for hydroxylation is 2. The van der Waals surface area contributed by atoms with Crippen LogP contribution in [0.25, 0.3) is 22.0 Å². The normalized spacial score (nSPS) is 10.9. The molecule has 2 aromatic carbocycles. The monoisotopic (exact) mass is 452 g/mol. The Balaban J connectivity index is 1.21. The summed E-state index contributed by atoms with van der Waals surface area (Å²) in [6.07, 6.45) is 1.37. The smallest absolute Gasteiger partial charge is 0.227 e. The lowest BCUT2D eigenvalue weighted by Crippen LogP contribution is -2.26. The van der Waals surface area contributed by atoms with Crippen LogP contribution in [0.1, 0.15) is 23.6 Å². The zero-order valence-electron chi connectivity index (χ0n) is 17.0. The number of aromatic nitrogens is 3. The van der Waals surface area contributed by atoms with Gasteiger partial charge in [0.15, 0.2) is 0 Å². The van der Waals surface area contributed by atoms with Gasteiger partial charge in [0.05, 0.1) is 5.69 Å². The van der Waals surface area contributed by atoms with Gasteiger partial charge in [0.1, 0.15) is 5.01 Å². The summed E-state index contributed by atoms with van der Waals surface area (Å²) in [4.78, 5) is 21.1. The molecule has 0 unspecified atom stereocenters. The van der Waals surface area contributed by atoms with E-state index in [9.17, 15) is 4.79 Å². The Hall–Kier alpha value is -3.03. The number of thiazole rings is 1. The highest BCUT2D eigenvalue weighted by atomic mass is 35.5. The van der Waals surface area contributed by atoms with Gasteiger partial charge in [0.2, 0.25) is 17.6 Å². The van der Waals surface area contributed by atoms with Gasteiger partial charge < -0.3 is 9.84 Å². The van der Waals surface area contributed by atoms with Crippen molar-refractivity contribution in [3.63, 3.8) is 0 Å². The number of rotatable bonds is 8. The second-order valence-corrected chi connectivity index (χ2v) is 8.42. The van der Waals surface area contributed by atoms with E-state index in [4.69, 9.17) is 16.1 Å². The van der Waals surface area contributed by atoms with Crippen molar-refractivity contribution in [1.29, 1.82) is 0 Å². The minimum Gasteiger partial charge on any atom is -0.356 e. The summed E-state index contributed by atoms with van der Waals surface area (Å²) < 4.78 is 5.24. The highest BCUT2D eigenvalue weighted by Crippen LogP contribution is 2.24. The molecule has 1 N–H and O–H groups in total. The number of carbonyl (C=O) groups is 1. The molecule has 0 aliphatic rings. The maximum absolute atomic E-state index is 12.1. The molecule has 158 valence electrons. The largest absolute Gasteiger partial charge is 0.356 e. The number of amides is 1. The highest BCUT2D eigenvalue weighted by molar-refractivity contribution is 7.13. The molecule has 0 saturated carbocycles. The Morgan fingerprint density at radius 1 is 1.03 bits per heavy atom. The number of halogens is 1. The highest BCUT2D eigenvalue weighted by Gasteiger charge is 2.11. The fourth-order valence-corrected chi connectivity index (χ4v) is 3.95. The maximum atomic E-state index is 12.1. The molecule has 2 heterocycles. The standard InChI is InChI=1S/C23H21ClN4O2S/c1-15-2-4-17(5-3-15)23-26-19(14-31-23)12-13-25-20(29)10-11-21-27-22(28-30-21)16-6-8-18(24)9-7-16/h2-9,14H,10-13H2,1H3,(H,25,29). The van der Waals surface area contributed by atoms with Gasteiger partial charge in [0.25, 0.3) is 0 Å². The van der Waals surface area contributed by atoms with Gasteiger partial charge in [-0.15, -0.1) is 11.3 Å². The number of hydrogen-bond acceptors (Lipinski definition) is 6. The van der Waals surface area contributed by atoms with Crippen molar-refractivity contribution >= 4 is 28.8 Å². The third kappa shape index (κ3) is 5.77. The van der Waals surface area contributed by atoms with E-state index >= 15 is 0 Å². The molecule has 0 bridgehead atoms. The Kier molecular flexibility index (Phi) is 6.74. The Labute approximate surface area is 189 Å². The molecule has 0 spiro atoms. The second-order valence-electron chi connectivity index (χ2n) is 7.13. The molecule has 31 heavy (non-hydrogen) atoms. The van der Waals surface area contributed by atoms with Crippen LogP contribution in [-0.4, -0.2) is 27.6 Å². The van der Waals surface area contributed by atoms with Crippen molar-refractivity contribution < 1.29 is 9.32 Å². The first-order chi connectivity index (χ1) is 15.1. The topological polar surface area (TPSA) is 80.9 Å². The van der Waals surface area contributed by atoms with E-state index < -0.39 is 0 Å². The summed E-state index contributed by atoms with van der Waals surface area (Å²) in [5.74, 6) is 0.863. The minimum absolute atomic E-state index is 0.0553. The Bertz CT molecular complexity index is 1150. The Morgan fingerprint density at radius 3 is 2.55 bits per heavy atom. The van der Waals surface area contributed by atoms with Crippen molar-refractivity contribution in [3.05, 3.63) is 76.1 Å². The van der Waals surface area contributed by atoms with Gasteiger partial charge in [-0.25, -0.2) is 4.98 Å². The fourth-order valence-electron chi connectivity index (χ4n) is 2.96. The van der Waals surface area contributed by atoms with Crippen LogP contribution in [0.5, 0.6) is 0 Å². The molecule has 4 rings (SSSR count). The van der Waals surface area contributed by atoms with Crippen LogP contribution in [0.4, 0.5) is 0 Å². The second kappa shape index (κ2) is 9.85. The lowest BCUT2D eigenvalue weighted by atomic mass is 10.2. The molecule has 1 amide bonds. The summed E-state index contributed by atoms with van der Waals surface area (Å²) >= 11 is 7.51. The molecule has 8 heteroatoms. The first kappa shape index (κ1) is 21.2. The van der Waals surface area contributed by atoms with E-state index in [1.807, 2.05) is 17.5 Å². The van der Waals surface area contributed by atoms with E-state index in [1.54, 1.807) is 23.5 Å². The van der Waals surface area contributed by atoms with Gasteiger partial charge in [-0.1, -0.05) is 46.6 Å². The van der Waals surface area contributed by atoms with Gasteiger partial charge >= 0.3 is 0 Å². The number of benzene rings is 2. The average Bonchev–Trinajstić information content (AvgIpc) is 3.43. The molecule has 0 aliphatic heterocycles. The van der Waals surface area contributed by atoms with Crippen LogP contribution in [0.15, 0.2) is 58.4 Å². The molecule has 0 fully saturated rings. The number of nitrogens with zero attached hydrogens (tertiary/aromatic N) is 3. The summed E-state index contributed by atoms with van der Waals surface area (Å²) in [5, 5.41) is 10.6. The van der Waals surface area contributed by atoms with Gasteiger partial charge in [-0.05, 0) is 31.2 Å². The SMILES string of the molecule is Cc1ccc(-c2nc(CCNC(=O)CCc3nc(-c4ccc(Cl)cc4)no3)cs2)cc1. The zero-order chi connectivity index (χ0) is 21.6. The fraction of sp³-hybridized carbons (Fsp3) is 0.217. The summed E-state index contributed by atoms with van der Waals surface area (Å²) in [6.45, 7) is 2.60. The molecule has 0 radical (unpaired) electrons. The Morgan fingerprint density at radius 2 is 1.77 bits per heavy atom. The van der Waals surface area contributed by atoms with Gasteiger partial charge in [-0.2, -0.15) is 4.98 Å². The predicted molar refractivity (Wildman–Crippen MR) is 122 cm³/mol. The van der Waals surface area contributed by atoms with Crippen molar-refractivity contribution in [2.24, 2.45) is 0 Å². The van der Waals surface area contributed by atoms with Crippen LogP contribution >= 0.6 is 22.9 Å². The summed E-state index contributed by atoms with van der Waals surface area (Å²) in [5.41, 5.74) is 4.14. The first-order valence-corrected chi connectivity index (χ1v) is 11.2. The van der Waals surface area contributed by atoms with Crippen LogP contribution in [-0.2, 0) is 17.6 Å². The number of nitrogens with one attached hydrogen (secondary N) is 1. The molecule has 0 saturated heterocycles. The van der Waals surface area contributed by atoms with E-state index in [-0.39, 0.29) is 12.3 Å². The number of carbonyl (C=O) groups excluding carboxylic acids is 1. The molecular weight excluding hydrogens is 432 g/mol. The summed E-state index contributed by atoms with van der Waals surface area (Å²) in [6, 6.07) is 15.5. The lowest BCUT2D eigenvalue weighted by Gasteiger charge is -2.02. The molecule has 2 aromatic heterocycles. The van der Waals surface area contributed by atoms with Crippen molar-refractivity contribution in [2.45, 2.75) is 26.2 Å². The van der Waals surface area contributed by atoms with Gasteiger partial charge in [0, 0.05) is 47.3 Å². The van der Waals surface area contributed by atoms with Crippen molar-refractivity contribution in [3.8, 4) is 22.0 Å². The van der Waals surface area contributed by atoms with E-state index in [2.05, 4.69) is 51.6 Å². The lowest BCUT2D eigenvalue weighted by molar-refractivity contribution is -0.121. The van der Waals surface area contributed by atoms with E-state index in [0.717, 1.165) is 21.8 Å². The molecule has 6 nitrogen and oxygen atoms in total. The van der Waals surface area contributed by atoms with Crippen LogP contribution in [0.3, 0.4) is 0 Å². The number of hydrogen-bond donors (Lipinski definition) is 1. The molecule has 4 aromatic rings. The average molecular weight is 453 g/mol. The zero-order valence-corrected chi connectivity index (χ0v) is 18.5. The minimum atomic E-state index is -0.0553. The molecule has 0 aliphatic carbocycles. The van der Waals surface area contributed by atoms with E-state index in [0.29, 0.717) is 36.1 Å². The van der Waals surface area contributed by atoms with E-state index in [1.165, 1.54) is 5.56 Å². The molecule has 0 atom stereocenters. The van der Waals surface area contributed by atoms with Crippen LogP contribution in [0, 0.1) is 6.92 Å². The third-order valence-corrected chi connectivity index (χ3v) is 5.88. The molecular formula is C23H21ClN4O2S. The van der Waals surface area contributed by atoms with Crippen LogP contribution in [0.2, 0.25) is 5.02 Å². The van der Waals surface area contributed by atoms with Crippen molar-refractivity contribution in [1.82, 2.24) is 20.4 Å².